The summed E-state index contributed by atoms with van der Waals surface area (Å²) in [5, 5.41) is 0.254. The van der Waals surface area contributed by atoms with Gasteiger partial charge < -0.3 is 4.74 Å². The van der Waals surface area contributed by atoms with Gasteiger partial charge in [-0.3, -0.25) is 9.35 Å². The zero-order chi connectivity index (χ0) is 17.1. The normalized spacial score (nSPS) is 20.3. The van der Waals surface area contributed by atoms with Gasteiger partial charge in [-0.2, -0.15) is 20.2 Å². The summed E-state index contributed by atoms with van der Waals surface area (Å²) in [5.74, 6) is 1.10. The van der Waals surface area contributed by atoms with Crippen LogP contribution in [0, 0.1) is 5.92 Å². The number of carbonyl (C=O) groups excluding carboxylic acids is 1. The van der Waals surface area contributed by atoms with Gasteiger partial charge in [0.2, 0.25) is 0 Å². The number of unbranched alkanes of at least 4 members (excludes halogenated alkanes) is 3. The van der Waals surface area contributed by atoms with Gasteiger partial charge in [-0.05, 0) is 25.2 Å². The Kier molecular flexibility index (Phi) is 10.4. The highest BCUT2D eigenvalue weighted by atomic mass is 32.2. The largest absolute Gasteiger partial charge is 0.379 e. The van der Waals surface area contributed by atoms with E-state index in [0.29, 0.717) is 32.3 Å². The minimum atomic E-state index is -3.92. The summed E-state index contributed by atoms with van der Waals surface area (Å²) in [6.45, 7) is 3.52. The Balaban J connectivity index is 2.44. The second-order valence-electron chi connectivity index (χ2n) is 6.23. The Labute approximate surface area is 144 Å². The Bertz CT molecular complexity index is 430. The monoisotopic (exact) mass is 366 g/mol. The van der Waals surface area contributed by atoms with E-state index in [0.717, 1.165) is 38.0 Å². The van der Waals surface area contributed by atoms with E-state index in [1.807, 2.05) is 11.8 Å². The van der Waals surface area contributed by atoms with Gasteiger partial charge in [0.15, 0.2) is 0 Å². The Morgan fingerprint density at radius 1 is 1.30 bits per heavy atom. The van der Waals surface area contributed by atoms with E-state index in [2.05, 4.69) is 6.92 Å². The number of rotatable bonds is 12. The van der Waals surface area contributed by atoms with Crippen LogP contribution in [-0.4, -0.2) is 48.7 Å². The number of thioether (sulfide) groups is 1. The molecule has 2 atom stereocenters. The molecule has 1 rings (SSSR count). The summed E-state index contributed by atoms with van der Waals surface area (Å²) >= 11 is 1.81. The predicted octanol–water partition coefficient (Wildman–Crippen LogP) is 3.33. The van der Waals surface area contributed by atoms with E-state index in [9.17, 15) is 13.2 Å². The molecule has 0 aromatic carbocycles. The SMILES string of the molecule is CCCCCCC(=O)CC(CCCS(=O)(=O)O)C1COCCS1. The van der Waals surface area contributed by atoms with Crippen LogP contribution in [0.25, 0.3) is 0 Å². The van der Waals surface area contributed by atoms with Crippen LogP contribution in [0.5, 0.6) is 0 Å². The van der Waals surface area contributed by atoms with E-state index in [1.54, 1.807) is 0 Å². The van der Waals surface area contributed by atoms with Crippen LogP contribution in [0.3, 0.4) is 0 Å². The maximum Gasteiger partial charge on any atom is 0.264 e. The van der Waals surface area contributed by atoms with E-state index in [1.165, 1.54) is 0 Å². The zero-order valence-electron chi connectivity index (χ0n) is 14.0. The highest BCUT2D eigenvalue weighted by Crippen LogP contribution is 2.30. The van der Waals surface area contributed by atoms with E-state index in [4.69, 9.17) is 9.29 Å². The van der Waals surface area contributed by atoms with Crippen LogP contribution in [0.15, 0.2) is 0 Å². The maximum atomic E-state index is 12.2. The number of hydrogen-bond donors (Lipinski definition) is 1. The molecule has 2 unspecified atom stereocenters. The van der Waals surface area contributed by atoms with Crippen molar-refractivity contribution in [3.8, 4) is 0 Å². The molecule has 136 valence electrons. The van der Waals surface area contributed by atoms with Crippen molar-refractivity contribution in [1.29, 1.82) is 0 Å². The van der Waals surface area contributed by atoms with E-state index < -0.39 is 10.1 Å². The fourth-order valence-electron chi connectivity index (χ4n) is 2.87. The van der Waals surface area contributed by atoms with Gasteiger partial charge >= 0.3 is 0 Å². The third-order valence-corrected chi connectivity index (χ3v) is 6.30. The molecule has 0 amide bonds. The van der Waals surface area contributed by atoms with Crippen molar-refractivity contribution in [3.63, 3.8) is 0 Å². The van der Waals surface area contributed by atoms with Crippen molar-refractivity contribution in [2.45, 2.75) is 63.5 Å². The second-order valence-corrected chi connectivity index (χ2v) is 9.15. The average molecular weight is 367 g/mol. The number of Topliss-reactive ketones (excluding diaryl/α,β-unsaturated/α-hetero) is 1. The number of carbonyl (C=O) groups is 1. The van der Waals surface area contributed by atoms with E-state index in [-0.39, 0.29) is 22.7 Å². The van der Waals surface area contributed by atoms with E-state index >= 15 is 0 Å². The van der Waals surface area contributed by atoms with Crippen LogP contribution in [0.1, 0.15) is 58.3 Å². The molecule has 1 fully saturated rings. The average Bonchev–Trinajstić information content (AvgIpc) is 2.50. The highest BCUT2D eigenvalue weighted by molar-refractivity contribution is 8.00. The van der Waals surface area contributed by atoms with Crippen molar-refractivity contribution in [2.75, 3.05) is 24.7 Å². The molecule has 1 heterocycles. The standard InChI is InChI=1S/C16H30O5S2/c1-2-3-4-5-8-15(17)12-14(7-6-11-23(18,19)20)16-13-21-9-10-22-16/h14,16H,2-13H2,1H3,(H,18,19,20). The molecule has 23 heavy (non-hydrogen) atoms. The van der Waals surface area contributed by atoms with Crippen LogP contribution in [0.4, 0.5) is 0 Å². The highest BCUT2D eigenvalue weighted by Gasteiger charge is 2.27. The molecule has 0 saturated carbocycles. The first-order valence-electron chi connectivity index (χ1n) is 8.58. The molecule has 1 aliphatic heterocycles. The smallest absolute Gasteiger partial charge is 0.264 e. The van der Waals surface area contributed by atoms with Gasteiger partial charge in [-0.15, -0.1) is 0 Å². The van der Waals surface area contributed by atoms with Gasteiger partial charge in [0.25, 0.3) is 10.1 Å². The zero-order valence-corrected chi connectivity index (χ0v) is 15.7. The predicted molar refractivity (Wildman–Crippen MR) is 94.6 cm³/mol. The first-order valence-corrected chi connectivity index (χ1v) is 11.2. The molecule has 5 nitrogen and oxygen atoms in total. The Hall–Kier alpha value is -0.110. The molecule has 0 spiro atoms. The van der Waals surface area contributed by atoms with Crippen LogP contribution in [0.2, 0.25) is 0 Å². The van der Waals surface area contributed by atoms with Gasteiger partial charge in [-0.1, -0.05) is 26.2 Å². The molecule has 0 aromatic rings. The van der Waals surface area contributed by atoms with Gasteiger partial charge in [-0.25, -0.2) is 0 Å². The number of hydrogen-bond acceptors (Lipinski definition) is 5. The molecule has 0 aromatic heterocycles. The quantitative estimate of drug-likeness (QED) is 0.421. The number of ketones is 1. The fraction of sp³-hybridized carbons (Fsp3) is 0.938. The lowest BCUT2D eigenvalue weighted by Crippen LogP contribution is -2.30. The topological polar surface area (TPSA) is 80.7 Å². The van der Waals surface area contributed by atoms with Crippen molar-refractivity contribution < 1.29 is 22.5 Å². The van der Waals surface area contributed by atoms with Crippen LogP contribution in [-0.2, 0) is 19.6 Å². The molecule has 7 heteroatoms. The lowest BCUT2D eigenvalue weighted by atomic mass is 9.92. The Morgan fingerprint density at radius 2 is 2.09 bits per heavy atom. The lowest BCUT2D eigenvalue weighted by molar-refractivity contribution is -0.120. The minimum Gasteiger partial charge on any atom is -0.379 e. The second kappa shape index (κ2) is 11.4. The lowest BCUT2D eigenvalue weighted by Gasteiger charge is -2.29. The molecule has 1 N–H and O–H groups in total. The third kappa shape index (κ3) is 10.4. The summed E-state index contributed by atoms with van der Waals surface area (Å²) in [5.41, 5.74) is 0. The van der Waals surface area contributed by atoms with Crippen molar-refractivity contribution in [2.24, 2.45) is 5.92 Å². The van der Waals surface area contributed by atoms with Crippen molar-refractivity contribution >= 4 is 27.7 Å². The van der Waals surface area contributed by atoms with Crippen LogP contribution < -0.4 is 0 Å². The molecule has 0 bridgehead atoms. The molecule has 1 saturated heterocycles. The first kappa shape index (κ1) is 20.9. The summed E-state index contributed by atoms with van der Waals surface area (Å²) in [6, 6.07) is 0. The van der Waals surface area contributed by atoms with Gasteiger partial charge in [0.05, 0.1) is 19.0 Å². The molecular formula is C16H30O5S2. The third-order valence-electron chi connectivity index (χ3n) is 4.14. The summed E-state index contributed by atoms with van der Waals surface area (Å²) < 4.78 is 36.1. The van der Waals surface area contributed by atoms with Crippen molar-refractivity contribution in [3.05, 3.63) is 0 Å². The molecule has 0 aliphatic carbocycles. The van der Waals surface area contributed by atoms with Gasteiger partial charge in [0, 0.05) is 23.8 Å². The Morgan fingerprint density at radius 3 is 2.70 bits per heavy atom. The molecule has 0 radical (unpaired) electrons. The molecular weight excluding hydrogens is 336 g/mol. The van der Waals surface area contributed by atoms with Crippen LogP contribution >= 0.6 is 11.8 Å². The minimum absolute atomic E-state index is 0.140. The summed E-state index contributed by atoms with van der Waals surface area (Å²) in [6.07, 6.45) is 6.51. The maximum absolute atomic E-state index is 12.2. The molecule has 1 aliphatic rings. The summed E-state index contributed by atoms with van der Waals surface area (Å²) in [7, 11) is -3.92. The summed E-state index contributed by atoms with van der Waals surface area (Å²) in [4.78, 5) is 12.2. The van der Waals surface area contributed by atoms with Crippen molar-refractivity contribution in [1.82, 2.24) is 0 Å². The van der Waals surface area contributed by atoms with Gasteiger partial charge in [0.1, 0.15) is 5.78 Å². The first-order chi connectivity index (χ1) is 10.9. The number of ether oxygens (including phenoxy) is 1. The fourth-order valence-corrected chi connectivity index (χ4v) is 4.61.